The summed E-state index contributed by atoms with van der Waals surface area (Å²) >= 11 is 3.25. The topological polar surface area (TPSA) is 62.1 Å². The van der Waals surface area contributed by atoms with Gasteiger partial charge in [0.15, 0.2) is 22.5 Å². The zero-order valence-corrected chi connectivity index (χ0v) is 17.7. The molecule has 2 aromatic heterocycles. The van der Waals surface area contributed by atoms with Crippen molar-refractivity contribution in [3.63, 3.8) is 0 Å². The van der Waals surface area contributed by atoms with Crippen LogP contribution < -0.4 is 9.47 Å². The van der Waals surface area contributed by atoms with Gasteiger partial charge in [-0.15, -0.1) is 28.1 Å². The first kappa shape index (κ1) is 18.9. The van der Waals surface area contributed by atoms with Crippen LogP contribution in [0, 0.1) is 0 Å². The van der Waals surface area contributed by atoms with Crippen LogP contribution in [0.25, 0.3) is 22.0 Å². The van der Waals surface area contributed by atoms with Gasteiger partial charge in [0.2, 0.25) is 6.79 Å². The molecule has 0 spiro atoms. The highest BCUT2D eigenvalue weighted by Crippen LogP contribution is 2.37. The summed E-state index contributed by atoms with van der Waals surface area (Å²) < 4.78 is 12.9. The fourth-order valence-electron chi connectivity index (χ4n) is 3.16. The van der Waals surface area contributed by atoms with Crippen LogP contribution in [0.3, 0.4) is 0 Å². The molecule has 0 N–H and O–H groups in total. The van der Waals surface area contributed by atoms with Crippen LogP contribution in [0.15, 0.2) is 71.7 Å². The maximum Gasteiger partial charge on any atom is 0.231 e. The van der Waals surface area contributed by atoms with Gasteiger partial charge in [0, 0.05) is 28.8 Å². The highest BCUT2D eigenvalue weighted by Gasteiger charge is 2.17. The fraction of sp³-hybridized carbons (Fsp3) is 0.136. The number of benzene rings is 2. The van der Waals surface area contributed by atoms with E-state index in [-0.39, 0.29) is 6.79 Å². The molecule has 0 radical (unpaired) electrons. The van der Waals surface area contributed by atoms with E-state index in [0.29, 0.717) is 12.3 Å². The highest BCUT2D eigenvalue weighted by molar-refractivity contribution is 7.98. The van der Waals surface area contributed by atoms with Crippen LogP contribution >= 0.6 is 23.1 Å². The van der Waals surface area contributed by atoms with Crippen LogP contribution in [0.2, 0.25) is 0 Å². The van der Waals surface area contributed by atoms with Gasteiger partial charge < -0.3 is 9.47 Å². The molecule has 0 saturated carbocycles. The lowest BCUT2D eigenvalue weighted by Crippen LogP contribution is -2.00. The molecule has 1 aliphatic rings. The summed E-state index contributed by atoms with van der Waals surface area (Å²) in [6.07, 6.45) is 1.86. The number of aromatic nitrogens is 4. The van der Waals surface area contributed by atoms with Crippen molar-refractivity contribution in [2.75, 3.05) is 6.79 Å². The van der Waals surface area contributed by atoms with Gasteiger partial charge in [-0.05, 0) is 18.2 Å². The van der Waals surface area contributed by atoms with E-state index in [1.165, 1.54) is 0 Å². The minimum absolute atomic E-state index is 0.273. The van der Waals surface area contributed by atoms with E-state index in [4.69, 9.17) is 14.5 Å². The van der Waals surface area contributed by atoms with Crippen molar-refractivity contribution in [3.05, 3.63) is 72.3 Å². The van der Waals surface area contributed by atoms with Gasteiger partial charge in [0.1, 0.15) is 5.01 Å². The van der Waals surface area contributed by atoms with Crippen LogP contribution in [-0.4, -0.2) is 26.5 Å². The molecule has 6 nitrogen and oxygen atoms in total. The molecular formula is C22H18N4O2S2. The van der Waals surface area contributed by atoms with E-state index < -0.39 is 0 Å². The first-order valence-electron chi connectivity index (χ1n) is 9.38. The Morgan fingerprint density at radius 1 is 1.07 bits per heavy atom. The lowest BCUT2D eigenvalue weighted by Gasteiger charge is -2.07. The van der Waals surface area contributed by atoms with Gasteiger partial charge in [-0.2, -0.15) is 0 Å². The molecule has 0 amide bonds. The van der Waals surface area contributed by atoms with Crippen molar-refractivity contribution in [1.29, 1.82) is 0 Å². The normalized spacial score (nSPS) is 12.3. The van der Waals surface area contributed by atoms with E-state index in [1.807, 2.05) is 54.6 Å². The number of thiazole rings is 1. The van der Waals surface area contributed by atoms with Gasteiger partial charge >= 0.3 is 0 Å². The summed E-state index contributed by atoms with van der Waals surface area (Å²) in [7, 11) is 0. The second-order valence-corrected chi connectivity index (χ2v) is 8.37. The lowest BCUT2D eigenvalue weighted by atomic mass is 10.2. The van der Waals surface area contributed by atoms with Gasteiger partial charge in [-0.25, -0.2) is 4.98 Å². The Bertz CT molecular complexity index is 1190. The van der Waals surface area contributed by atoms with Crippen LogP contribution in [-0.2, 0) is 12.3 Å². The third kappa shape index (κ3) is 3.71. The largest absolute Gasteiger partial charge is 0.454 e. The number of allylic oxidation sites excluding steroid dienone is 1. The number of nitrogens with zero attached hydrogens (tertiary/aromatic N) is 4. The summed E-state index contributed by atoms with van der Waals surface area (Å²) in [5.41, 5.74) is 3.08. The zero-order valence-electron chi connectivity index (χ0n) is 16.0. The number of hydrogen-bond acceptors (Lipinski definition) is 7. The zero-order chi connectivity index (χ0) is 20.3. The van der Waals surface area contributed by atoms with E-state index in [2.05, 4.69) is 26.7 Å². The Labute approximate surface area is 182 Å². The van der Waals surface area contributed by atoms with Gasteiger partial charge in [-0.1, -0.05) is 48.2 Å². The van der Waals surface area contributed by atoms with E-state index in [9.17, 15) is 0 Å². The monoisotopic (exact) mass is 434 g/mol. The SMILES string of the molecule is C=CCn1c(SCc2csc(-c3ccc4c(c3)OCO4)n2)nnc1-c1ccccc1. The van der Waals surface area contributed by atoms with Crippen molar-refractivity contribution in [2.45, 2.75) is 17.5 Å². The van der Waals surface area contributed by atoms with Crippen molar-refractivity contribution in [2.24, 2.45) is 0 Å². The summed E-state index contributed by atoms with van der Waals surface area (Å²) in [5, 5.41) is 12.7. The predicted octanol–water partition coefficient (Wildman–Crippen LogP) is 5.28. The molecule has 3 heterocycles. The number of ether oxygens (including phenoxy) is 2. The maximum atomic E-state index is 5.47. The molecular weight excluding hydrogens is 416 g/mol. The van der Waals surface area contributed by atoms with Gasteiger partial charge in [-0.3, -0.25) is 4.57 Å². The number of fused-ring (bicyclic) bond motifs is 1. The third-order valence-electron chi connectivity index (χ3n) is 4.58. The second kappa shape index (κ2) is 8.33. The molecule has 0 fully saturated rings. The van der Waals surface area contributed by atoms with E-state index in [0.717, 1.165) is 44.3 Å². The molecule has 0 unspecified atom stereocenters. The molecule has 0 aliphatic carbocycles. The van der Waals surface area contributed by atoms with Crippen molar-refractivity contribution >= 4 is 23.1 Å². The molecule has 0 atom stereocenters. The van der Waals surface area contributed by atoms with Crippen LogP contribution in [0.4, 0.5) is 0 Å². The summed E-state index contributed by atoms with van der Waals surface area (Å²) in [5.74, 6) is 3.11. The molecule has 2 aromatic carbocycles. The minimum atomic E-state index is 0.273. The summed E-state index contributed by atoms with van der Waals surface area (Å²) in [6.45, 7) is 4.80. The highest BCUT2D eigenvalue weighted by atomic mass is 32.2. The van der Waals surface area contributed by atoms with Crippen LogP contribution in [0.5, 0.6) is 11.5 Å². The number of thioether (sulfide) groups is 1. The Hall–Kier alpha value is -3.10. The minimum Gasteiger partial charge on any atom is -0.454 e. The molecule has 30 heavy (non-hydrogen) atoms. The first-order chi connectivity index (χ1) is 14.8. The molecule has 150 valence electrons. The second-order valence-electron chi connectivity index (χ2n) is 6.57. The molecule has 5 rings (SSSR count). The van der Waals surface area contributed by atoms with Crippen molar-refractivity contribution in [3.8, 4) is 33.5 Å². The summed E-state index contributed by atoms with van der Waals surface area (Å²) in [4.78, 5) is 4.79. The molecule has 0 saturated heterocycles. The van der Waals surface area contributed by atoms with E-state index in [1.54, 1.807) is 23.1 Å². The lowest BCUT2D eigenvalue weighted by molar-refractivity contribution is 0.174. The maximum absolute atomic E-state index is 5.47. The number of hydrogen-bond donors (Lipinski definition) is 0. The standard InChI is InChI=1S/C22H18N4O2S2/c1-2-10-26-20(15-6-4-3-5-7-15)24-25-22(26)30-13-17-12-29-21(23-17)16-8-9-18-19(11-16)28-14-27-18/h2-9,11-12H,1,10,13-14H2. The van der Waals surface area contributed by atoms with E-state index >= 15 is 0 Å². The quantitative estimate of drug-likeness (QED) is 0.291. The fourth-order valence-corrected chi connectivity index (χ4v) is 4.93. The third-order valence-corrected chi connectivity index (χ3v) is 6.52. The van der Waals surface area contributed by atoms with Gasteiger partial charge in [0.25, 0.3) is 0 Å². The number of rotatable bonds is 7. The average molecular weight is 435 g/mol. The van der Waals surface area contributed by atoms with Crippen molar-refractivity contribution in [1.82, 2.24) is 19.7 Å². The molecule has 8 heteroatoms. The molecule has 4 aromatic rings. The Morgan fingerprint density at radius 2 is 1.93 bits per heavy atom. The molecule has 1 aliphatic heterocycles. The molecule has 0 bridgehead atoms. The smallest absolute Gasteiger partial charge is 0.231 e. The Kier molecular flexibility index (Phi) is 5.25. The average Bonchev–Trinajstić information content (AvgIpc) is 3.52. The summed E-state index contributed by atoms with van der Waals surface area (Å²) in [6, 6.07) is 16.0. The first-order valence-corrected chi connectivity index (χ1v) is 11.2. The van der Waals surface area contributed by atoms with Crippen molar-refractivity contribution < 1.29 is 9.47 Å². The van der Waals surface area contributed by atoms with Gasteiger partial charge in [0.05, 0.1) is 5.69 Å². The Balaban J connectivity index is 1.33. The Morgan fingerprint density at radius 3 is 2.80 bits per heavy atom. The van der Waals surface area contributed by atoms with Crippen LogP contribution in [0.1, 0.15) is 5.69 Å². The predicted molar refractivity (Wildman–Crippen MR) is 119 cm³/mol.